The van der Waals surface area contributed by atoms with Gasteiger partial charge in [-0.3, -0.25) is 0 Å². The second-order valence-corrected chi connectivity index (χ2v) is 5.38. The standard InChI is InChI=1S/C11H11F3O5S/c1-7-3-5-8(6-4-7)20(16,17)19-9(10(15)18-2)11(12,13)14/h3-6,9H,1-2H3. The third kappa shape index (κ3) is 3.94. The molecule has 0 spiro atoms. The van der Waals surface area contributed by atoms with Gasteiger partial charge in [0.2, 0.25) is 0 Å². The predicted octanol–water partition coefficient (Wildman–Crippen LogP) is 1.80. The van der Waals surface area contributed by atoms with Gasteiger partial charge in [-0.1, -0.05) is 17.7 Å². The van der Waals surface area contributed by atoms with Crippen molar-refractivity contribution in [3.05, 3.63) is 29.8 Å². The minimum Gasteiger partial charge on any atom is -0.467 e. The summed E-state index contributed by atoms with van der Waals surface area (Å²) >= 11 is 0. The van der Waals surface area contributed by atoms with Crippen LogP contribution >= 0.6 is 0 Å². The molecule has 1 unspecified atom stereocenters. The van der Waals surface area contributed by atoms with Gasteiger partial charge in [0.25, 0.3) is 16.2 Å². The number of benzene rings is 1. The Balaban J connectivity index is 3.09. The molecule has 112 valence electrons. The van der Waals surface area contributed by atoms with Crippen LogP contribution in [0.2, 0.25) is 0 Å². The number of rotatable bonds is 4. The van der Waals surface area contributed by atoms with Crippen LogP contribution in [0.25, 0.3) is 0 Å². The Morgan fingerprint density at radius 3 is 2.10 bits per heavy atom. The fraction of sp³-hybridized carbons (Fsp3) is 0.364. The lowest BCUT2D eigenvalue weighted by molar-refractivity contribution is -0.209. The summed E-state index contributed by atoms with van der Waals surface area (Å²) < 4.78 is 69.0. The molecule has 0 radical (unpaired) electrons. The van der Waals surface area contributed by atoms with Crippen molar-refractivity contribution in [1.29, 1.82) is 0 Å². The van der Waals surface area contributed by atoms with Crippen LogP contribution in [0.4, 0.5) is 13.2 Å². The number of hydrogen-bond donors (Lipinski definition) is 0. The van der Waals surface area contributed by atoms with E-state index >= 15 is 0 Å². The molecule has 1 atom stereocenters. The first kappa shape index (κ1) is 16.4. The summed E-state index contributed by atoms with van der Waals surface area (Å²) in [5, 5.41) is 0. The maximum atomic E-state index is 12.6. The highest BCUT2D eigenvalue weighted by molar-refractivity contribution is 7.86. The molecule has 0 fully saturated rings. The highest BCUT2D eigenvalue weighted by atomic mass is 32.2. The zero-order chi connectivity index (χ0) is 15.6. The SMILES string of the molecule is COC(=O)C(OS(=O)(=O)c1ccc(C)cc1)C(F)(F)F. The van der Waals surface area contributed by atoms with Crippen molar-refractivity contribution in [2.75, 3.05) is 7.11 Å². The molecule has 0 saturated heterocycles. The van der Waals surface area contributed by atoms with E-state index in [9.17, 15) is 26.4 Å². The molecular weight excluding hydrogens is 301 g/mol. The number of carbonyl (C=O) groups excluding carboxylic acids is 1. The summed E-state index contributed by atoms with van der Waals surface area (Å²) in [5.41, 5.74) is 0.712. The molecule has 0 amide bonds. The molecule has 0 aliphatic heterocycles. The molecule has 0 aliphatic rings. The van der Waals surface area contributed by atoms with Gasteiger partial charge in [0.15, 0.2) is 0 Å². The van der Waals surface area contributed by atoms with Gasteiger partial charge in [0.05, 0.1) is 12.0 Å². The summed E-state index contributed by atoms with van der Waals surface area (Å²) in [6.07, 6.45) is -8.40. The van der Waals surface area contributed by atoms with Gasteiger partial charge in [-0.15, -0.1) is 0 Å². The Labute approximate surface area is 113 Å². The van der Waals surface area contributed by atoms with Crippen LogP contribution < -0.4 is 0 Å². The Hall–Kier alpha value is -1.61. The van der Waals surface area contributed by atoms with Crippen LogP contribution in [0.15, 0.2) is 29.2 Å². The zero-order valence-electron chi connectivity index (χ0n) is 10.5. The predicted molar refractivity (Wildman–Crippen MR) is 61.3 cm³/mol. The minimum absolute atomic E-state index is 0.485. The van der Waals surface area contributed by atoms with Crippen molar-refractivity contribution >= 4 is 16.1 Å². The Morgan fingerprint density at radius 2 is 1.70 bits per heavy atom. The molecule has 1 rings (SSSR count). The number of aryl methyl sites for hydroxylation is 1. The van der Waals surface area contributed by atoms with Crippen LogP contribution in [0.1, 0.15) is 5.56 Å². The van der Waals surface area contributed by atoms with Crippen LogP contribution in [0, 0.1) is 6.92 Å². The number of ether oxygens (including phenoxy) is 1. The minimum atomic E-state index is -5.20. The molecule has 0 bridgehead atoms. The van der Waals surface area contributed by atoms with E-state index in [0.717, 1.165) is 12.1 Å². The van der Waals surface area contributed by atoms with Gasteiger partial charge in [-0.25, -0.2) is 8.98 Å². The molecule has 5 nitrogen and oxygen atoms in total. The van der Waals surface area contributed by atoms with E-state index in [0.29, 0.717) is 12.7 Å². The third-order valence-electron chi connectivity index (χ3n) is 2.25. The summed E-state index contributed by atoms with van der Waals surface area (Å²) in [4.78, 5) is 10.5. The van der Waals surface area contributed by atoms with Gasteiger partial charge in [-0.2, -0.15) is 21.6 Å². The van der Waals surface area contributed by atoms with E-state index in [1.165, 1.54) is 12.1 Å². The van der Waals surface area contributed by atoms with Gasteiger partial charge >= 0.3 is 12.1 Å². The summed E-state index contributed by atoms with van der Waals surface area (Å²) in [6.45, 7) is 1.67. The summed E-state index contributed by atoms with van der Waals surface area (Å²) in [7, 11) is -4.04. The second kappa shape index (κ2) is 5.80. The van der Waals surface area contributed by atoms with Gasteiger partial charge in [0, 0.05) is 0 Å². The number of carbonyl (C=O) groups is 1. The van der Waals surface area contributed by atoms with Crippen LogP contribution in [0.3, 0.4) is 0 Å². The van der Waals surface area contributed by atoms with E-state index in [1.807, 2.05) is 0 Å². The molecule has 0 aliphatic carbocycles. The molecule has 0 saturated carbocycles. The number of esters is 1. The number of hydrogen-bond acceptors (Lipinski definition) is 5. The van der Waals surface area contributed by atoms with Gasteiger partial charge < -0.3 is 4.74 Å². The van der Waals surface area contributed by atoms with E-state index in [4.69, 9.17) is 0 Å². The fourth-order valence-electron chi connectivity index (χ4n) is 1.22. The van der Waals surface area contributed by atoms with E-state index in [2.05, 4.69) is 8.92 Å². The molecule has 1 aromatic carbocycles. The Kier molecular flexibility index (Phi) is 4.77. The number of methoxy groups -OCH3 is 1. The van der Waals surface area contributed by atoms with Crippen molar-refractivity contribution in [3.8, 4) is 0 Å². The number of alkyl halides is 3. The largest absolute Gasteiger partial charge is 0.467 e. The normalized spacial score (nSPS) is 13.8. The van der Waals surface area contributed by atoms with Crippen molar-refractivity contribution in [2.24, 2.45) is 0 Å². The lowest BCUT2D eigenvalue weighted by Crippen LogP contribution is -2.41. The first-order valence-electron chi connectivity index (χ1n) is 5.22. The summed E-state index contributed by atoms with van der Waals surface area (Å²) in [6, 6.07) is 4.93. The number of halogens is 3. The van der Waals surface area contributed by atoms with Crippen molar-refractivity contribution < 1.29 is 35.3 Å². The molecule has 9 heteroatoms. The quantitative estimate of drug-likeness (QED) is 0.626. The lowest BCUT2D eigenvalue weighted by atomic mass is 10.2. The molecule has 0 aromatic heterocycles. The average Bonchev–Trinajstić information content (AvgIpc) is 2.34. The zero-order valence-corrected chi connectivity index (χ0v) is 11.3. The van der Waals surface area contributed by atoms with Crippen LogP contribution in [-0.2, 0) is 23.8 Å². The summed E-state index contributed by atoms with van der Waals surface area (Å²) in [5.74, 6) is -1.84. The highest BCUT2D eigenvalue weighted by Crippen LogP contribution is 2.27. The van der Waals surface area contributed by atoms with Crippen LogP contribution in [-0.4, -0.2) is 33.8 Å². The topological polar surface area (TPSA) is 69.7 Å². The average molecular weight is 312 g/mol. The fourth-order valence-corrected chi connectivity index (χ4v) is 2.24. The first-order valence-corrected chi connectivity index (χ1v) is 6.63. The highest BCUT2D eigenvalue weighted by Gasteiger charge is 2.50. The van der Waals surface area contributed by atoms with Crippen LogP contribution in [0.5, 0.6) is 0 Å². The first-order chi connectivity index (χ1) is 9.08. The van der Waals surface area contributed by atoms with Gasteiger partial charge in [0.1, 0.15) is 0 Å². The maximum absolute atomic E-state index is 12.6. The molecular formula is C11H11F3O5S. The van der Waals surface area contributed by atoms with E-state index in [1.54, 1.807) is 6.92 Å². The van der Waals surface area contributed by atoms with Crippen molar-refractivity contribution in [3.63, 3.8) is 0 Å². The monoisotopic (exact) mass is 312 g/mol. The lowest BCUT2D eigenvalue weighted by Gasteiger charge is -2.18. The van der Waals surface area contributed by atoms with Gasteiger partial charge in [-0.05, 0) is 19.1 Å². The van der Waals surface area contributed by atoms with E-state index in [-0.39, 0.29) is 0 Å². The molecule has 0 heterocycles. The van der Waals surface area contributed by atoms with Crippen molar-refractivity contribution in [1.82, 2.24) is 0 Å². The molecule has 0 N–H and O–H groups in total. The third-order valence-corrected chi connectivity index (χ3v) is 3.54. The van der Waals surface area contributed by atoms with E-state index < -0.39 is 33.3 Å². The van der Waals surface area contributed by atoms with Crippen molar-refractivity contribution in [2.45, 2.75) is 24.1 Å². The second-order valence-electron chi connectivity index (χ2n) is 3.81. The Bertz CT molecular complexity index is 577. The Morgan fingerprint density at radius 1 is 1.20 bits per heavy atom. The molecule has 1 aromatic rings. The maximum Gasteiger partial charge on any atom is 0.427 e. The smallest absolute Gasteiger partial charge is 0.427 e. The molecule has 20 heavy (non-hydrogen) atoms.